The summed E-state index contributed by atoms with van der Waals surface area (Å²) in [5, 5.41) is 12.4. The standard InChI is InChI=1S/C13H15N3O2/c1-8-2-3-10-12(13(17)18)15-11(16(10)7-8)4-9-5-14-6-9/h2-3,7,9,14H,4-6H2,1H3,(H,17,18). The maximum Gasteiger partial charge on any atom is 0.356 e. The van der Waals surface area contributed by atoms with Crippen molar-refractivity contribution < 1.29 is 9.90 Å². The number of pyridine rings is 1. The van der Waals surface area contributed by atoms with E-state index in [9.17, 15) is 9.90 Å². The minimum Gasteiger partial charge on any atom is -0.476 e. The monoisotopic (exact) mass is 245 g/mol. The zero-order valence-corrected chi connectivity index (χ0v) is 10.2. The second-order valence-corrected chi connectivity index (χ2v) is 4.87. The molecule has 1 aliphatic heterocycles. The summed E-state index contributed by atoms with van der Waals surface area (Å²) in [6, 6.07) is 3.74. The third-order valence-corrected chi connectivity index (χ3v) is 3.40. The number of fused-ring (bicyclic) bond motifs is 1. The van der Waals surface area contributed by atoms with Gasteiger partial charge in [0.25, 0.3) is 0 Å². The summed E-state index contributed by atoms with van der Waals surface area (Å²) in [7, 11) is 0. The first-order valence-electron chi connectivity index (χ1n) is 6.07. The predicted octanol–water partition coefficient (Wildman–Crippen LogP) is 1.10. The van der Waals surface area contributed by atoms with Crippen LogP contribution in [0, 0.1) is 12.8 Å². The molecule has 0 radical (unpaired) electrons. The number of hydrogen-bond acceptors (Lipinski definition) is 3. The van der Waals surface area contributed by atoms with Crippen molar-refractivity contribution in [3.05, 3.63) is 35.4 Å². The topological polar surface area (TPSA) is 66.6 Å². The lowest BCUT2D eigenvalue weighted by Gasteiger charge is -2.26. The third-order valence-electron chi connectivity index (χ3n) is 3.40. The van der Waals surface area contributed by atoms with Crippen molar-refractivity contribution in [3.63, 3.8) is 0 Å². The molecule has 5 heteroatoms. The Balaban J connectivity index is 2.10. The fraction of sp³-hybridized carbons (Fsp3) is 0.385. The van der Waals surface area contributed by atoms with Crippen LogP contribution in [0.25, 0.3) is 5.52 Å². The van der Waals surface area contributed by atoms with Crippen LogP contribution in [-0.2, 0) is 6.42 Å². The van der Waals surface area contributed by atoms with Gasteiger partial charge in [-0.1, -0.05) is 6.07 Å². The normalized spacial score (nSPS) is 15.8. The number of nitrogens with zero attached hydrogens (tertiary/aromatic N) is 2. The average Bonchev–Trinajstić information content (AvgIpc) is 2.62. The molecule has 0 atom stereocenters. The van der Waals surface area contributed by atoms with Crippen LogP contribution < -0.4 is 5.32 Å². The second-order valence-electron chi connectivity index (χ2n) is 4.87. The molecule has 94 valence electrons. The van der Waals surface area contributed by atoms with E-state index < -0.39 is 5.97 Å². The SMILES string of the molecule is Cc1ccc2c(C(=O)O)nc(CC3CNC3)n2c1. The van der Waals surface area contributed by atoms with Crippen LogP contribution in [0.5, 0.6) is 0 Å². The molecule has 0 unspecified atom stereocenters. The minimum absolute atomic E-state index is 0.150. The van der Waals surface area contributed by atoms with Crippen molar-refractivity contribution in [2.75, 3.05) is 13.1 Å². The summed E-state index contributed by atoms with van der Waals surface area (Å²) in [5.41, 5.74) is 1.93. The van der Waals surface area contributed by atoms with Crippen molar-refractivity contribution in [2.24, 2.45) is 5.92 Å². The fourth-order valence-electron chi connectivity index (χ4n) is 2.31. The van der Waals surface area contributed by atoms with E-state index in [-0.39, 0.29) is 5.69 Å². The zero-order chi connectivity index (χ0) is 12.7. The van der Waals surface area contributed by atoms with Crippen LogP contribution in [0.4, 0.5) is 0 Å². The van der Waals surface area contributed by atoms with E-state index in [0.717, 1.165) is 30.9 Å². The molecule has 2 aromatic rings. The van der Waals surface area contributed by atoms with Gasteiger partial charge in [0, 0.05) is 12.6 Å². The molecular formula is C13H15N3O2. The molecule has 0 aliphatic carbocycles. The van der Waals surface area contributed by atoms with Crippen molar-refractivity contribution in [1.29, 1.82) is 0 Å². The second kappa shape index (κ2) is 4.10. The number of carboxylic acids is 1. The molecule has 5 nitrogen and oxygen atoms in total. The number of aryl methyl sites for hydroxylation is 1. The van der Waals surface area contributed by atoms with Gasteiger partial charge in [-0.25, -0.2) is 9.78 Å². The van der Waals surface area contributed by atoms with Gasteiger partial charge in [0.15, 0.2) is 5.69 Å². The quantitative estimate of drug-likeness (QED) is 0.850. The highest BCUT2D eigenvalue weighted by molar-refractivity contribution is 5.93. The molecule has 0 spiro atoms. The molecule has 0 saturated carbocycles. The number of carbonyl (C=O) groups is 1. The van der Waals surface area contributed by atoms with E-state index in [4.69, 9.17) is 0 Å². The van der Waals surface area contributed by atoms with Crippen LogP contribution in [0.2, 0.25) is 0 Å². The van der Waals surface area contributed by atoms with Gasteiger partial charge in [-0.15, -0.1) is 0 Å². The summed E-state index contributed by atoms with van der Waals surface area (Å²) in [6.45, 7) is 3.97. The van der Waals surface area contributed by atoms with E-state index in [1.54, 1.807) is 0 Å². The number of carboxylic acid groups (broad SMARTS) is 1. The Morgan fingerprint density at radius 2 is 2.33 bits per heavy atom. The highest BCUT2D eigenvalue weighted by Crippen LogP contribution is 2.18. The highest BCUT2D eigenvalue weighted by atomic mass is 16.4. The average molecular weight is 245 g/mol. The molecule has 3 rings (SSSR count). The molecule has 3 heterocycles. The van der Waals surface area contributed by atoms with Crippen molar-refractivity contribution >= 4 is 11.5 Å². The Morgan fingerprint density at radius 3 is 2.94 bits per heavy atom. The van der Waals surface area contributed by atoms with Gasteiger partial charge in [0.2, 0.25) is 0 Å². The zero-order valence-electron chi connectivity index (χ0n) is 10.2. The minimum atomic E-state index is -0.964. The smallest absolute Gasteiger partial charge is 0.356 e. The lowest BCUT2D eigenvalue weighted by Crippen LogP contribution is -2.43. The molecule has 0 bridgehead atoms. The first-order chi connectivity index (χ1) is 8.65. The Morgan fingerprint density at radius 1 is 1.56 bits per heavy atom. The third kappa shape index (κ3) is 1.76. The maximum atomic E-state index is 11.2. The number of imidazole rings is 1. The van der Waals surface area contributed by atoms with E-state index in [1.807, 2.05) is 29.7 Å². The first kappa shape index (κ1) is 11.2. The Labute approximate surface area is 104 Å². The largest absolute Gasteiger partial charge is 0.476 e. The summed E-state index contributed by atoms with van der Waals surface area (Å²) in [5.74, 6) is 0.449. The van der Waals surface area contributed by atoms with Crippen LogP contribution in [-0.4, -0.2) is 33.6 Å². The molecule has 2 N–H and O–H groups in total. The summed E-state index contributed by atoms with van der Waals surface area (Å²) in [4.78, 5) is 15.5. The van der Waals surface area contributed by atoms with E-state index in [1.165, 1.54) is 0 Å². The van der Waals surface area contributed by atoms with E-state index in [2.05, 4.69) is 10.3 Å². The number of nitrogens with one attached hydrogen (secondary N) is 1. The molecule has 18 heavy (non-hydrogen) atoms. The van der Waals surface area contributed by atoms with Gasteiger partial charge in [0.05, 0.1) is 5.52 Å². The van der Waals surface area contributed by atoms with Crippen molar-refractivity contribution in [3.8, 4) is 0 Å². The van der Waals surface area contributed by atoms with Gasteiger partial charge in [-0.05, 0) is 37.6 Å². The maximum absolute atomic E-state index is 11.2. The van der Waals surface area contributed by atoms with Gasteiger partial charge >= 0.3 is 5.97 Å². The summed E-state index contributed by atoms with van der Waals surface area (Å²) in [6.07, 6.45) is 2.78. The first-order valence-corrected chi connectivity index (χ1v) is 6.07. The Bertz CT molecular complexity index is 614. The molecule has 1 fully saturated rings. The molecule has 2 aromatic heterocycles. The lowest BCUT2D eigenvalue weighted by molar-refractivity contribution is 0.0693. The molecule has 1 aliphatic rings. The van der Waals surface area contributed by atoms with Crippen LogP contribution >= 0.6 is 0 Å². The number of hydrogen-bond donors (Lipinski definition) is 2. The Hall–Kier alpha value is -1.88. The molecule has 0 amide bonds. The van der Waals surface area contributed by atoms with Gasteiger partial charge in [-0.3, -0.25) is 0 Å². The highest BCUT2D eigenvalue weighted by Gasteiger charge is 2.22. The molecule has 1 saturated heterocycles. The number of aromatic carboxylic acids is 1. The van der Waals surface area contributed by atoms with E-state index >= 15 is 0 Å². The van der Waals surface area contributed by atoms with Crippen LogP contribution in [0.15, 0.2) is 18.3 Å². The summed E-state index contributed by atoms with van der Waals surface area (Å²) >= 11 is 0. The predicted molar refractivity (Wildman–Crippen MR) is 67.0 cm³/mol. The summed E-state index contributed by atoms with van der Waals surface area (Å²) < 4.78 is 1.91. The van der Waals surface area contributed by atoms with Crippen LogP contribution in [0.3, 0.4) is 0 Å². The van der Waals surface area contributed by atoms with Gasteiger partial charge in [0.1, 0.15) is 5.82 Å². The van der Waals surface area contributed by atoms with Gasteiger partial charge < -0.3 is 14.8 Å². The number of rotatable bonds is 3. The number of aromatic nitrogens is 2. The van der Waals surface area contributed by atoms with Gasteiger partial charge in [-0.2, -0.15) is 0 Å². The Kier molecular flexibility index (Phi) is 2.56. The lowest BCUT2D eigenvalue weighted by atomic mass is 9.99. The molecule has 0 aromatic carbocycles. The van der Waals surface area contributed by atoms with E-state index in [0.29, 0.717) is 11.4 Å². The fourth-order valence-corrected chi connectivity index (χ4v) is 2.31. The van der Waals surface area contributed by atoms with Crippen LogP contribution in [0.1, 0.15) is 21.9 Å². The van der Waals surface area contributed by atoms with Crippen molar-refractivity contribution in [2.45, 2.75) is 13.3 Å². The van der Waals surface area contributed by atoms with Crippen molar-refractivity contribution in [1.82, 2.24) is 14.7 Å². The molecular weight excluding hydrogens is 230 g/mol.